The second-order valence-electron chi connectivity index (χ2n) is 5.88. The number of nitrogens with one attached hydrogen (secondary N) is 3. The molecule has 2 aromatic rings. The number of amides is 1. The van der Waals surface area contributed by atoms with Gasteiger partial charge in [0, 0.05) is 31.0 Å². The van der Waals surface area contributed by atoms with Crippen molar-refractivity contribution in [3.8, 4) is 0 Å². The monoisotopic (exact) mass is 351 g/mol. The maximum Gasteiger partial charge on any atom is 0.270 e. The van der Waals surface area contributed by atoms with Crippen molar-refractivity contribution < 1.29 is 13.2 Å². The fraction of sp³-hybridized carbons (Fsp3) is 0.467. The van der Waals surface area contributed by atoms with E-state index in [2.05, 4.69) is 19.9 Å². The number of anilines is 1. The molecule has 1 saturated heterocycles. The van der Waals surface area contributed by atoms with Gasteiger partial charge in [-0.2, -0.15) is 5.10 Å². The van der Waals surface area contributed by atoms with Crippen LogP contribution in [0.15, 0.2) is 23.2 Å². The molecule has 0 aromatic carbocycles. The summed E-state index contributed by atoms with van der Waals surface area (Å²) in [4.78, 5) is 16.8. The van der Waals surface area contributed by atoms with Gasteiger partial charge >= 0.3 is 0 Å². The molecule has 3 N–H and O–H groups in total. The van der Waals surface area contributed by atoms with Crippen LogP contribution in [0.25, 0.3) is 0 Å². The van der Waals surface area contributed by atoms with Gasteiger partial charge in [-0.25, -0.2) is 8.42 Å². The molecule has 0 spiro atoms. The topological polar surface area (TPSA) is 111 Å². The SMILES string of the molecule is CCCc1cc(NS(=O)(=O)c2c[nH]c(C(=O)N3CCCC3)c2)n[nH]1. The van der Waals surface area contributed by atoms with Gasteiger partial charge in [0.05, 0.1) is 0 Å². The summed E-state index contributed by atoms with van der Waals surface area (Å²) >= 11 is 0. The van der Waals surface area contributed by atoms with Gasteiger partial charge < -0.3 is 9.88 Å². The molecule has 0 unspecified atom stereocenters. The van der Waals surface area contributed by atoms with Gasteiger partial charge in [-0.1, -0.05) is 13.3 Å². The Morgan fingerprint density at radius 2 is 2.08 bits per heavy atom. The normalized spacial score (nSPS) is 15.0. The molecule has 24 heavy (non-hydrogen) atoms. The molecule has 3 rings (SSSR count). The number of carbonyl (C=O) groups is 1. The van der Waals surface area contributed by atoms with Crippen LogP contribution < -0.4 is 4.72 Å². The predicted octanol–water partition coefficient (Wildman–Crippen LogP) is 1.73. The largest absolute Gasteiger partial charge is 0.356 e. The van der Waals surface area contributed by atoms with Gasteiger partial charge in [-0.15, -0.1) is 0 Å². The highest BCUT2D eigenvalue weighted by Gasteiger charge is 2.24. The van der Waals surface area contributed by atoms with Crippen LogP contribution in [-0.4, -0.2) is 47.5 Å². The smallest absolute Gasteiger partial charge is 0.270 e. The highest BCUT2D eigenvalue weighted by molar-refractivity contribution is 7.92. The Morgan fingerprint density at radius 3 is 2.79 bits per heavy atom. The fourth-order valence-electron chi connectivity index (χ4n) is 2.75. The zero-order valence-electron chi connectivity index (χ0n) is 13.5. The van der Waals surface area contributed by atoms with Crippen molar-refractivity contribution in [2.45, 2.75) is 37.5 Å². The second kappa shape index (κ2) is 6.68. The Hall–Kier alpha value is -2.29. The number of rotatable bonds is 6. The third-order valence-corrected chi connectivity index (χ3v) is 5.31. The van der Waals surface area contributed by atoms with E-state index in [0.29, 0.717) is 13.1 Å². The first kappa shape index (κ1) is 16.6. The minimum absolute atomic E-state index is 0.0186. The first-order valence-corrected chi connectivity index (χ1v) is 9.52. The van der Waals surface area contributed by atoms with Gasteiger partial charge in [0.15, 0.2) is 5.82 Å². The lowest BCUT2D eigenvalue weighted by Gasteiger charge is -2.13. The number of aromatic amines is 2. The molecule has 1 aliphatic rings. The van der Waals surface area contributed by atoms with Crippen LogP contribution in [0.4, 0.5) is 5.82 Å². The summed E-state index contributed by atoms with van der Waals surface area (Å²) in [5.41, 5.74) is 1.15. The zero-order valence-corrected chi connectivity index (χ0v) is 14.3. The summed E-state index contributed by atoms with van der Waals surface area (Å²) in [5.74, 6) is 0.0750. The molecule has 130 valence electrons. The standard InChI is InChI=1S/C15H21N5O3S/c1-2-5-11-8-14(18-17-11)19-24(22,23)12-9-13(16-10-12)15(21)20-6-3-4-7-20/h8-10,16H,2-7H2,1H3,(H2,17,18,19). The highest BCUT2D eigenvalue weighted by atomic mass is 32.2. The molecular weight excluding hydrogens is 330 g/mol. The Bertz CT molecular complexity index is 818. The number of aromatic nitrogens is 3. The number of H-pyrrole nitrogens is 2. The van der Waals surface area contributed by atoms with Crippen LogP contribution in [0, 0.1) is 0 Å². The van der Waals surface area contributed by atoms with Crippen LogP contribution in [0.1, 0.15) is 42.4 Å². The van der Waals surface area contributed by atoms with Gasteiger partial charge in [-0.3, -0.25) is 14.6 Å². The molecule has 0 saturated carbocycles. The van der Waals surface area contributed by atoms with Crippen LogP contribution >= 0.6 is 0 Å². The van der Waals surface area contributed by atoms with Gasteiger partial charge in [0.2, 0.25) is 0 Å². The average Bonchev–Trinajstić information content (AvgIpc) is 3.28. The zero-order chi connectivity index (χ0) is 17.2. The lowest BCUT2D eigenvalue weighted by atomic mass is 10.2. The molecule has 8 nitrogen and oxygen atoms in total. The van der Waals surface area contributed by atoms with E-state index in [1.54, 1.807) is 11.0 Å². The van der Waals surface area contributed by atoms with Crippen molar-refractivity contribution in [2.24, 2.45) is 0 Å². The van der Waals surface area contributed by atoms with Crippen LogP contribution in [0.5, 0.6) is 0 Å². The molecule has 0 radical (unpaired) electrons. The van der Waals surface area contributed by atoms with E-state index in [1.165, 1.54) is 12.3 Å². The van der Waals surface area contributed by atoms with E-state index < -0.39 is 10.0 Å². The highest BCUT2D eigenvalue weighted by Crippen LogP contribution is 2.18. The minimum atomic E-state index is -3.79. The van der Waals surface area contributed by atoms with Crippen LogP contribution in [-0.2, 0) is 16.4 Å². The van der Waals surface area contributed by atoms with Gasteiger partial charge in [-0.05, 0) is 25.3 Å². The molecular formula is C15H21N5O3S. The number of nitrogens with zero attached hydrogens (tertiary/aromatic N) is 2. The number of hydrogen-bond donors (Lipinski definition) is 3. The average molecular weight is 351 g/mol. The van der Waals surface area contributed by atoms with E-state index in [-0.39, 0.29) is 22.3 Å². The quantitative estimate of drug-likeness (QED) is 0.736. The summed E-state index contributed by atoms with van der Waals surface area (Å²) < 4.78 is 27.3. The number of hydrogen-bond acceptors (Lipinski definition) is 4. The number of sulfonamides is 1. The molecule has 1 fully saturated rings. The molecule has 1 amide bonds. The molecule has 0 bridgehead atoms. The van der Waals surface area contributed by atoms with Crippen LogP contribution in [0.3, 0.4) is 0 Å². The lowest BCUT2D eigenvalue weighted by molar-refractivity contribution is 0.0787. The third kappa shape index (κ3) is 3.45. The number of likely N-dealkylation sites (tertiary alicyclic amines) is 1. The summed E-state index contributed by atoms with van der Waals surface area (Å²) in [7, 11) is -3.79. The molecule has 9 heteroatoms. The molecule has 0 atom stereocenters. The summed E-state index contributed by atoms with van der Waals surface area (Å²) in [5, 5.41) is 6.75. The Balaban J connectivity index is 1.73. The third-order valence-electron chi connectivity index (χ3n) is 3.98. The van der Waals surface area contributed by atoms with Gasteiger partial charge in [0.25, 0.3) is 15.9 Å². The van der Waals surface area contributed by atoms with Crippen molar-refractivity contribution >= 4 is 21.7 Å². The molecule has 1 aliphatic heterocycles. The Labute approximate surface area is 140 Å². The van der Waals surface area contributed by atoms with Crippen molar-refractivity contribution in [2.75, 3.05) is 17.8 Å². The molecule has 0 aliphatic carbocycles. The second-order valence-corrected chi connectivity index (χ2v) is 7.56. The number of carbonyl (C=O) groups excluding carboxylic acids is 1. The fourth-order valence-corrected chi connectivity index (χ4v) is 3.74. The number of aryl methyl sites for hydroxylation is 1. The van der Waals surface area contributed by atoms with E-state index in [0.717, 1.165) is 31.4 Å². The van der Waals surface area contributed by atoms with E-state index >= 15 is 0 Å². The minimum Gasteiger partial charge on any atom is -0.356 e. The van der Waals surface area contributed by atoms with E-state index in [1.807, 2.05) is 6.92 Å². The summed E-state index contributed by atoms with van der Waals surface area (Å²) in [6, 6.07) is 3.03. The Kier molecular flexibility index (Phi) is 4.61. The van der Waals surface area contributed by atoms with Gasteiger partial charge in [0.1, 0.15) is 10.6 Å². The van der Waals surface area contributed by atoms with Crippen molar-refractivity contribution in [3.05, 3.63) is 29.7 Å². The summed E-state index contributed by atoms with van der Waals surface area (Å²) in [6.07, 6.45) is 5.03. The first-order chi connectivity index (χ1) is 11.5. The van der Waals surface area contributed by atoms with Crippen molar-refractivity contribution in [1.82, 2.24) is 20.1 Å². The summed E-state index contributed by atoms with van der Waals surface area (Å²) in [6.45, 7) is 3.46. The first-order valence-electron chi connectivity index (χ1n) is 8.04. The lowest BCUT2D eigenvalue weighted by Crippen LogP contribution is -2.27. The molecule has 2 aromatic heterocycles. The van der Waals surface area contributed by atoms with E-state index in [4.69, 9.17) is 0 Å². The van der Waals surface area contributed by atoms with Crippen molar-refractivity contribution in [3.63, 3.8) is 0 Å². The van der Waals surface area contributed by atoms with E-state index in [9.17, 15) is 13.2 Å². The van der Waals surface area contributed by atoms with Crippen LogP contribution in [0.2, 0.25) is 0 Å². The Morgan fingerprint density at radius 1 is 1.33 bits per heavy atom. The maximum absolute atomic E-state index is 12.4. The molecule has 3 heterocycles. The van der Waals surface area contributed by atoms with Crippen molar-refractivity contribution in [1.29, 1.82) is 0 Å². The maximum atomic E-state index is 12.4. The predicted molar refractivity (Wildman–Crippen MR) is 89.3 cm³/mol.